The van der Waals surface area contributed by atoms with Gasteiger partial charge in [-0.2, -0.15) is 5.10 Å². The Balaban J connectivity index is 1.69. The minimum Gasteiger partial charge on any atom is -0.382 e. The van der Waals surface area contributed by atoms with Gasteiger partial charge in [0.2, 0.25) is 0 Å². The fraction of sp³-hybridized carbons (Fsp3) is 0.438. The zero-order valence-corrected chi connectivity index (χ0v) is 11.7. The fourth-order valence-corrected chi connectivity index (χ4v) is 2.85. The van der Waals surface area contributed by atoms with Crippen molar-refractivity contribution in [2.24, 2.45) is 5.73 Å². The molecule has 1 aromatic heterocycles. The highest BCUT2D eigenvalue weighted by molar-refractivity contribution is 5.51. The second-order valence-electron chi connectivity index (χ2n) is 5.62. The van der Waals surface area contributed by atoms with E-state index in [0.29, 0.717) is 12.1 Å². The van der Waals surface area contributed by atoms with E-state index in [1.54, 1.807) is 0 Å². The molecule has 4 nitrogen and oxygen atoms in total. The van der Waals surface area contributed by atoms with E-state index >= 15 is 0 Å². The fourth-order valence-electron chi connectivity index (χ4n) is 2.85. The van der Waals surface area contributed by atoms with Gasteiger partial charge in [-0.3, -0.25) is 4.68 Å². The van der Waals surface area contributed by atoms with E-state index < -0.39 is 0 Å². The lowest BCUT2D eigenvalue weighted by Gasteiger charge is -2.28. The Labute approximate surface area is 120 Å². The van der Waals surface area contributed by atoms with Gasteiger partial charge in [-0.05, 0) is 43.4 Å². The van der Waals surface area contributed by atoms with Gasteiger partial charge < -0.3 is 11.1 Å². The van der Waals surface area contributed by atoms with Gasteiger partial charge in [0.05, 0.1) is 6.54 Å². The molecule has 1 aromatic carbocycles. The number of para-hydroxylation sites is 1. The third-order valence-electron chi connectivity index (χ3n) is 4.04. The average molecular weight is 270 g/mol. The van der Waals surface area contributed by atoms with Crippen molar-refractivity contribution in [3.05, 3.63) is 48.3 Å². The molecule has 0 amide bonds. The van der Waals surface area contributed by atoms with Crippen molar-refractivity contribution in [2.75, 3.05) is 5.32 Å². The molecule has 1 fully saturated rings. The van der Waals surface area contributed by atoms with Crippen molar-refractivity contribution in [3.8, 4) is 0 Å². The maximum absolute atomic E-state index is 5.97. The summed E-state index contributed by atoms with van der Waals surface area (Å²) >= 11 is 0. The van der Waals surface area contributed by atoms with E-state index in [2.05, 4.69) is 34.7 Å². The van der Waals surface area contributed by atoms with Crippen LogP contribution in [-0.4, -0.2) is 21.9 Å². The molecule has 3 N–H and O–H groups in total. The number of benzene rings is 1. The summed E-state index contributed by atoms with van der Waals surface area (Å²) in [6, 6.07) is 11.4. The lowest BCUT2D eigenvalue weighted by Crippen LogP contribution is -2.33. The van der Waals surface area contributed by atoms with Crippen LogP contribution in [0.4, 0.5) is 5.69 Å². The number of aromatic nitrogens is 2. The molecule has 0 saturated heterocycles. The molecule has 3 rings (SSSR count). The van der Waals surface area contributed by atoms with Crippen LogP contribution < -0.4 is 11.1 Å². The zero-order valence-electron chi connectivity index (χ0n) is 11.7. The minimum absolute atomic E-state index is 0.396. The summed E-state index contributed by atoms with van der Waals surface area (Å²) < 4.78 is 1.96. The van der Waals surface area contributed by atoms with E-state index in [-0.39, 0.29) is 0 Å². The Morgan fingerprint density at radius 3 is 2.70 bits per heavy atom. The first kappa shape index (κ1) is 13.2. The normalized spacial score (nSPS) is 22.6. The quantitative estimate of drug-likeness (QED) is 0.898. The van der Waals surface area contributed by atoms with E-state index in [9.17, 15) is 0 Å². The van der Waals surface area contributed by atoms with Crippen LogP contribution in [-0.2, 0) is 6.54 Å². The van der Waals surface area contributed by atoms with Crippen molar-refractivity contribution in [2.45, 2.75) is 44.3 Å². The molecule has 4 heteroatoms. The first-order chi connectivity index (χ1) is 9.81. The lowest BCUT2D eigenvalue weighted by molar-refractivity contribution is 0.411. The van der Waals surface area contributed by atoms with Gasteiger partial charge in [-0.15, -0.1) is 0 Å². The molecule has 20 heavy (non-hydrogen) atoms. The molecular formula is C16H22N4. The average Bonchev–Trinajstić information content (AvgIpc) is 2.96. The SMILES string of the molecule is NC1CCC(Nc2ccccc2Cn2cccn2)CC1. The maximum atomic E-state index is 5.97. The summed E-state index contributed by atoms with van der Waals surface area (Å²) in [6.07, 6.45) is 8.39. The van der Waals surface area contributed by atoms with E-state index in [4.69, 9.17) is 5.73 Å². The highest BCUT2D eigenvalue weighted by atomic mass is 15.3. The summed E-state index contributed by atoms with van der Waals surface area (Å²) in [5.41, 5.74) is 8.48. The van der Waals surface area contributed by atoms with Gasteiger partial charge in [0, 0.05) is 30.2 Å². The molecule has 1 heterocycles. The molecule has 2 aromatic rings. The van der Waals surface area contributed by atoms with Crippen LogP contribution in [0.15, 0.2) is 42.7 Å². The molecule has 1 aliphatic rings. The third-order valence-corrected chi connectivity index (χ3v) is 4.04. The van der Waals surface area contributed by atoms with Crippen molar-refractivity contribution < 1.29 is 0 Å². The third kappa shape index (κ3) is 3.20. The highest BCUT2D eigenvalue weighted by Gasteiger charge is 2.18. The molecule has 0 atom stereocenters. The number of nitrogens with one attached hydrogen (secondary N) is 1. The number of nitrogens with two attached hydrogens (primary N) is 1. The standard InChI is InChI=1S/C16H22N4/c17-14-6-8-15(9-7-14)19-16-5-2-1-4-13(16)12-20-11-3-10-18-20/h1-5,10-11,14-15,19H,6-9,12,17H2. The smallest absolute Gasteiger partial charge is 0.0679 e. The summed E-state index contributed by atoms with van der Waals surface area (Å²) in [6.45, 7) is 0.808. The molecule has 0 unspecified atom stereocenters. The van der Waals surface area contributed by atoms with Gasteiger partial charge in [0.1, 0.15) is 0 Å². The summed E-state index contributed by atoms with van der Waals surface area (Å²) in [4.78, 5) is 0. The first-order valence-electron chi connectivity index (χ1n) is 7.39. The first-order valence-corrected chi connectivity index (χ1v) is 7.39. The number of hydrogen-bond acceptors (Lipinski definition) is 3. The molecule has 1 saturated carbocycles. The number of nitrogens with zero attached hydrogens (tertiary/aromatic N) is 2. The minimum atomic E-state index is 0.396. The lowest BCUT2D eigenvalue weighted by atomic mass is 9.91. The second-order valence-corrected chi connectivity index (χ2v) is 5.62. The predicted molar refractivity (Wildman–Crippen MR) is 81.6 cm³/mol. The topological polar surface area (TPSA) is 55.9 Å². The predicted octanol–water partition coefficient (Wildman–Crippen LogP) is 2.61. The van der Waals surface area contributed by atoms with E-state index in [1.165, 1.54) is 11.3 Å². The van der Waals surface area contributed by atoms with E-state index in [0.717, 1.165) is 32.2 Å². The summed E-state index contributed by atoms with van der Waals surface area (Å²) in [7, 11) is 0. The monoisotopic (exact) mass is 270 g/mol. The van der Waals surface area contributed by atoms with Crippen molar-refractivity contribution in [3.63, 3.8) is 0 Å². The van der Waals surface area contributed by atoms with E-state index in [1.807, 2.05) is 23.1 Å². The second kappa shape index (κ2) is 6.09. The Kier molecular flexibility index (Phi) is 4.02. The number of anilines is 1. The maximum Gasteiger partial charge on any atom is 0.0679 e. The molecule has 0 spiro atoms. The van der Waals surface area contributed by atoms with Crippen molar-refractivity contribution >= 4 is 5.69 Å². The van der Waals surface area contributed by atoms with Gasteiger partial charge in [0.25, 0.3) is 0 Å². The number of rotatable bonds is 4. The van der Waals surface area contributed by atoms with Crippen LogP contribution in [0, 0.1) is 0 Å². The Hall–Kier alpha value is -1.81. The zero-order chi connectivity index (χ0) is 13.8. The van der Waals surface area contributed by atoms with Gasteiger partial charge in [-0.1, -0.05) is 18.2 Å². The van der Waals surface area contributed by atoms with Crippen molar-refractivity contribution in [1.82, 2.24) is 9.78 Å². The van der Waals surface area contributed by atoms with Crippen molar-refractivity contribution in [1.29, 1.82) is 0 Å². The molecule has 106 valence electrons. The van der Waals surface area contributed by atoms with Crippen LogP contribution in [0.1, 0.15) is 31.2 Å². The molecular weight excluding hydrogens is 248 g/mol. The Morgan fingerprint density at radius 1 is 1.15 bits per heavy atom. The van der Waals surface area contributed by atoms with Crippen LogP contribution >= 0.6 is 0 Å². The Morgan fingerprint density at radius 2 is 1.95 bits per heavy atom. The summed E-state index contributed by atoms with van der Waals surface area (Å²) in [5.74, 6) is 0. The largest absolute Gasteiger partial charge is 0.382 e. The van der Waals surface area contributed by atoms with Crippen LogP contribution in [0.2, 0.25) is 0 Å². The molecule has 0 aliphatic heterocycles. The van der Waals surface area contributed by atoms with Crippen LogP contribution in [0.25, 0.3) is 0 Å². The number of hydrogen-bond donors (Lipinski definition) is 2. The molecule has 1 aliphatic carbocycles. The van der Waals surface area contributed by atoms with Gasteiger partial charge in [-0.25, -0.2) is 0 Å². The summed E-state index contributed by atoms with van der Waals surface area (Å²) in [5, 5.41) is 7.97. The van der Waals surface area contributed by atoms with Crippen LogP contribution in [0.5, 0.6) is 0 Å². The molecule has 0 radical (unpaired) electrons. The van der Waals surface area contributed by atoms with Gasteiger partial charge in [0.15, 0.2) is 0 Å². The molecule has 0 bridgehead atoms. The highest BCUT2D eigenvalue weighted by Crippen LogP contribution is 2.23. The van der Waals surface area contributed by atoms with Gasteiger partial charge >= 0.3 is 0 Å². The van der Waals surface area contributed by atoms with Crippen LogP contribution in [0.3, 0.4) is 0 Å². The Bertz CT molecular complexity index is 527.